The lowest BCUT2D eigenvalue weighted by atomic mass is 10.1. The number of methoxy groups -OCH3 is 3. The molecule has 3 amide bonds. The molecule has 0 radical (unpaired) electrons. The second kappa shape index (κ2) is 11.6. The first kappa shape index (κ1) is 25.8. The van der Waals surface area contributed by atoms with E-state index in [2.05, 4.69) is 0 Å². The minimum absolute atomic E-state index is 0.0721. The molecule has 1 saturated heterocycles. The van der Waals surface area contributed by atoms with Crippen LogP contribution in [-0.4, -0.2) is 56.5 Å². The van der Waals surface area contributed by atoms with E-state index in [1.165, 1.54) is 4.90 Å². The lowest BCUT2D eigenvalue weighted by Crippen LogP contribution is -2.47. The molecule has 3 aromatic rings. The molecule has 37 heavy (non-hydrogen) atoms. The maximum Gasteiger partial charge on any atom is 0.257 e. The molecule has 0 aliphatic carbocycles. The van der Waals surface area contributed by atoms with Crippen LogP contribution >= 0.6 is 0 Å². The van der Waals surface area contributed by atoms with E-state index in [0.717, 1.165) is 16.0 Å². The Morgan fingerprint density at radius 3 is 2.22 bits per heavy atom. The number of imide groups is 1. The van der Waals surface area contributed by atoms with E-state index >= 15 is 0 Å². The van der Waals surface area contributed by atoms with Crippen LogP contribution in [-0.2, 0) is 27.2 Å². The molecule has 1 heterocycles. The van der Waals surface area contributed by atoms with E-state index in [-0.39, 0.29) is 31.2 Å². The van der Waals surface area contributed by atoms with Crippen LogP contribution in [0.1, 0.15) is 17.5 Å². The number of ether oxygens (including phenoxy) is 3. The van der Waals surface area contributed by atoms with Crippen LogP contribution in [0.5, 0.6) is 17.2 Å². The summed E-state index contributed by atoms with van der Waals surface area (Å²) in [6.07, 6.45) is 0.534. The van der Waals surface area contributed by atoms with Gasteiger partial charge in [0.25, 0.3) is 5.91 Å². The number of carbonyl (C=O) groups excluding carboxylic acids is 3. The number of hydrogen-bond donors (Lipinski definition) is 0. The second-order valence-corrected chi connectivity index (χ2v) is 8.67. The molecular formula is C29H30N2O6. The fourth-order valence-electron chi connectivity index (χ4n) is 4.47. The van der Waals surface area contributed by atoms with E-state index in [9.17, 15) is 14.4 Å². The van der Waals surface area contributed by atoms with Crippen molar-refractivity contribution in [1.82, 2.24) is 4.90 Å². The normalized spacial score (nSPS) is 15.0. The van der Waals surface area contributed by atoms with Crippen LogP contribution in [0.4, 0.5) is 5.69 Å². The van der Waals surface area contributed by atoms with Gasteiger partial charge in [-0.2, -0.15) is 0 Å². The van der Waals surface area contributed by atoms with E-state index in [4.69, 9.17) is 14.2 Å². The standard InChI is InChI=1S/C29H30N2O6/c1-35-23-12-10-22(11-13-23)31-28(33)19-24(29(31)34)30(27(32)18-20-7-5-4-6-8-20)16-15-21-9-14-25(36-2)26(17-21)37-3/h4-14,17,24H,15-16,18-19H2,1-3H3. The van der Waals surface area contributed by atoms with Gasteiger partial charge < -0.3 is 19.1 Å². The highest BCUT2D eigenvalue weighted by Gasteiger charge is 2.44. The first-order valence-corrected chi connectivity index (χ1v) is 12.0. The largest absolute Gasteiger partial charge is 0.497 e. The molecule has 1 unspecified atom stereocenters. The Balaban J connectivity index is 1.58. The van der Waals surface area contributed by atoms with E-state index in [1.807, 2.05) is 42.5 Å². The number of anilines is 1. The van der Waals surface area contributed by atoms with E-state index in [1.54, 1.807) is 51.7 Å². The lowest BCUT2D eigenvalue weighted by Gasteiger charge is -2.28. The van der Waals surface area contributed by atoms with Crippen molar-refractivity contribution in [2.24, 2.45) is 0 Å². The van der Waals surface area contributed by atoms with Crippen LogP contribution in [0.25, 0.3) is 0 Å². The molecule has 1 aliphatic rings. The van der Waals surface area contributed by atoms with Crippen molar-refractivity contribution in [3.8, 4) is 17.2 Å². The van der Waals surface area contributed by atoms with Gasteiger partial charge in [0.05, 0.1) is 39.9 Å². The molecule has 8 heteroatoms. The monoisotopic (exact) mass is 502 g/mol. The molecule has 0 spiro atoms. The number of benzene rings is 3. The first-order valence-electron chi connectivity index (χ1n) is 12.0. The van der Waals surface area contributed by atoms with Crippen LogP contribution in [0.2, 0.25) is 0 Å². The number of rotatable bonds is 10. The summed E-state index contributed by atoms with van der Waals surface area (Å²) in [7, 11) is 4.68. The van der Waals surface area contributed by atoms with Crippen molar-refractivity contribution in [1.29, 1.82) is 0 Å². The third-order valence-electron chi connectivity index (χ3n) is 6.44. The summed E-state index contributed by atoms with van der Waals surface area (Å²) >= 11 is 0. The molecule has 4 rings (SSSR count). The maximum atomic E-state index is 13.5. The van der Waals surface area contributed by atoms with Crippen molar-refractivity contribution in [2.45, 2.75) is 25.3 Å². The summed E-state index contributed by atoms with van der Waals surface area (Å²) in [5.74, 6) is 0.839. The molecule has 0 aromatic heterocycles. The van der Waals surface area contributed by atoms with Crippen molar-refractivity contribution in [3.63, 3.8) is 0 Å². The number of nitrogens with zero attached hydrogens (tertiary/aromatic N) is 2. The second-order valence-electron chi connectivity index (χ2n) is 8.67. The molecule has 8 nitrogen and oxygen atoms in total. The molecule has 0 bridgehead atoms. The van der Waals surface area contributed by atoms with Gasteiger partial charge in [-0.05, 0) is 53.9 Å². The lowest BCUT2D eigenvalue weighted by molar-refractivity contribution is -0.137. The quantitative estimate of drug-likeness (QED) is 0.394. The maximum absolute atomic E-state index is 13.5. The summed E-state index contributed by atoms with van der Waals surface area (Å²) in [5.41, 5.74) is 2.21. The highest BCUT2D eigenvalue weighted by Crippen LogP contribution is 2.30. The molecule has 0 saturated carbocycles. The Labute approximate surface area is 216 Å². The molecule has 3 aromatic carbocycles. The molecular weight excluding hydrogens is 472 g/mol. The van der Waals surface area contributed by atoms with Crippen LogP contribution < -0.4 is 19.1 Å². The Bertz CT molecular complexity index is 1260. The van der Waals surface area contributed by atoms with Crippen molar-refractivity contribution in [3.05, 3.63) is 83.9 Å². The predicted octanol–water partition coefficient (Wildman–Crippen LogP) is 3.66. The third-order valence-corrected chi connectivity index (χ3v) is 6.44. The topological polar surface area (TPSA) is 85.4 Å². The SMILES string of the molecule is COc1ccc(N2C(=O)CC(N(CCc3ccc(OC)c(OC)c3)C(=O)Cc3ccccc3)C2=O)cc1. The van der Waals surface area contributed by atoms with Crippen molar-refractivity contribution in [2.75, 3.05) is 32.8 Å². The minimum Gasteiger partial charge on any atom is -0.497 e. The summed E-state index contributed by atoms with van der Waals surface area (Å²) < 4.78 is 15.9. The zero-order chi connectivity index (χ0) is 26.4. The van der Waals surface area contributed by atoms with Crippen LogP contribution in [0, 0.1) is 0 Å². The summed E-state index contributed by atoms with van der Waals surface area (Å²) in [4.78, 5) is 42.7. The zero-order valence-electron chi connectivity index (χ0n) is 21.2. The fraction of sp³-hybridized carbons (Fsp3) is 0.276. The van der Waals surface area contributed by atoms with Gasteiger partial charge in [-0.15, -0.1) is 0 Å². The van der Waals surface area contributed by atoms with Gasteiger partial charge in [0, 0.05) is 6.54 Å². The molecule has 1 atom stereocenters. The van der Waals surface area contributed by atoms with Crippen molar-refractivity contribution >= 4 is 23.4 Å². The number of carbonyl (C=O) groups is 3. The van der Waals surface area contributed by atoms with Gasteiger partial charge in [-0.3, -0.25) is 14.4 Å². The van der Waals surface area contributed by atoms with Gasteiger partial charge in [0.2, 0.25) is 11.8 Å². The van der Waals surface area contributed by atoms with Crippen molar-refractivity contribution < 1.29 is 28.6 Å². The highest BCUT2D eigenvalue weighted by atomic mass is 16.5. The fourth-order valence-corrected chi connectivity index (χ4v) is 4.47. The summed E-state index contributed by atoms with van der Waals surface area (Å²) in [6, 6.07) is 20.7. The van der Waals surface area contributed by atoms with Gasteiger partial charge in [-0.25, -0.2) is 4.90 Å². The Kier molecular flexibility index (Phi) is 8.08. The number of hydrogen-bond acceptors (Lipinski definition) is 6. The average molecular weight is 503 g/mol. The summed E-state index contributed by atoms with van der Waals surface area (Å²) in [6.45, 7) is 0.265. The Morgan fingerprint density at radius 2 is 1.57 bits per heavy atom. The first-order chi connectivity index (χ1) is 17.9. The van der Waals surface area contributed by atoms with Crippen LogP contribution in [0.15, 0.2) is 72.8 Å². The van der Waals surface area contributed by atoms with Gasteiger partial charge in [0.1, 0.15) is 11.8 Å². The number of amides is 3. The molecule has 0 N–H and O–H groups in total. The highest BCUT2D eigenvalue weighted by molar-refractivity contribution is 6.23. The van der Waals surface area contributed by atoms with Crippen LogP contribution in [0.3, 0.4) is 0 Å². The molecule has 192 valence electrons. The van der Waals surface area contributed by atoms with Gasteiger partial charge >= 0.3 is 0 Å². The van der Waals surface area contributed by atoms with E-state index < -0.39 is 11.9 Å². The Hall–Kier alpha value is -4.33. The molecule has 1 fully saturated rings. The Morgan fingerprint density at radius 1 is 0.865 bits per heavy atom. The smallest absolute Gasteiger partial charge is 0.257 e. The van der Waals surface area contributed by atoms with Gasteiger partial charge in [0.15, 0.2) is 11.5 Å². The average Bonchev–Trinajstić information content (AvgIpc) is 3.22. The molecule has 1 aliphatic heterocycles. The predicted molar refractivity (Wildman–Crippen MR) is 139 cm³/mol. The third kappa shape index (κ3) is 5.74. The minimum atomic E-state index is -0.883. The zero-order valence-corrected chi connectivity index (χ0v) is 21.2. The van der Waals surface area contributed by atoms with E-state index in [0.29, 0.717) is 29.4 Å². The van der Waals surface area contributed by atoms with Gasteiger partial charge in [-0.1, -0.05) is 36.4 Å². The summed E-state index contributed by atoms with van der Waals surface area (Å²) in [5, 5.41) is 0.